The molecule has 2 aromatic carbocycles. The summed E-state index contributed by atoms with van der Waals surface area (Å²) in [5.41, 5.74) is 1.74. The number of carbonyl (C=O) groups is 2. The van der Waals surface area contributed by atoms with Gasteiger partial charge in [-0.25, -0.2) is 12.7 Å². The molecule has 0 aromatic heterocycles. The molecule has 0 saturated carbocycles. The molecule has 8 heteroatoms. The van der Waals surface area contributed by atoms with Gasteiger partial charge in [-0.2, -0.15) is 0 Å². The molecule has 1 heterocycles. The van der Waals surface area contributed by atoms with E-state index in [1.807, 2.05) is 26.0 Å². The van der Waals surface area contributed by atoms with Gasteiger partial charge in [0.1, 0.15) is 0 Å². The zero-order chi connectivity index (χ0) is 20.9. The lowest BCUT2D eigenvalue weighted by molar-refractivity contribution is -0.123. The van der Waals surface area contributed by atoms with Gasteiger partial charge in [-0.3, -0.25) is 9.59 Å². The lowest BCUT2D eigenvalue weighted by Gasteiger charge is -2.19. The summed E-state index contributed by atoms with van der Waals surface area (Å²) in [4.78, 5) is 25.4. The molecule has 1 saturated heterocycles. The second-order valence-electron chi connectivity index (χ2n) is 7.58. The molecule has 1 aliphatic rings. The van der Waals surface area contributed by atoms with Crippen molar-refractivity contribution >= 4 is 44.8 Å². The van der Waals surface area contributed by atoms with Crippen molar-refractivity contribution in [3.05, 3.63) is 58.1 Å². The molecular weight excluding hydrogens is 400 g/mol. The van der Waals surface area contributed by atoms with Crippen molar-refractivity contribution in [3.8, 4) is 0 Å². The molecule has 0 spiro atoms. The molecule has 0 bridgehead atoms. The minimum absolute atomic E-state index is 0.0905. The molecule has 0 radical (unpaired) electrons. The van der Waals surface area contributed by atoms with Crippen LogP contribution in [0.1, 0.15) is 35.3 Å². The van der Waals surface area contributed by atoms with E-state index in [4.69, 9.17) is 11.6 Å². The summed E-state index contributed by atoms with van der Waals surface area (Å²) in [6, 6.07) is 9.71. The van der Waals surface area contributed by atoms with Crippen LogP contribution in [-0.4, -0.2) is 26.0 Å². The Hall–Kier alpha value is -2.38. The van der Waals surface area contributed by atoms with Crippen LogP contribution in [0.3, 0.4) is 0 Å². The molecule has 6 nitrogen and oxygen atoms in total. The van der Waals surface area contributed by atoms with Crippen LogP contribution in [0.2, 0.25) is 5.02 Å². The number of halogens is 1. The van der Waals surface area contributed by atoms with Crippen molar-refractivity contribution in [1.29, 1.82) is 0 Å². The quantitative estimate of drug-likeness (QED) is 0.815. The van der Waals surface area contributed by atoms with E-state index in [-0.39, 0.29) is 22.0 Å². The van der Waals surface area contributed by atoms with Crippen LogP contribution in [-0.2, 0) is 14.8 Å². The molecule has 0 atom stereocenters. The number of rotatable bonds is 3. The molecule has 1 fully saturated rings. The number of anilines is 2. The lowest BCUT2D eigenvalue weighted by atomic mass is 9.95. The number of hydrogen-bond donors (Lipinski definition) is 1. The first-order valence-corrected chi connectivity index (χ1v) is 10.7. The standard InChI is InChI=1S/C20H21ClN2O4S/c1-12-6-5-7-17(13(12)2)22-18(24)15-10-14(8-9-16(15)21)23-19(25)20(3,4)11-28(23,26)27/h5-10H,11H2,1-4H3,(H,22,24). The van der Waals surface area contributed by atoms with E-state index >= 15 is 0 Å². The van der Waals surface area contributed by atoms with E-state index in [0.717, 1.165) is 15.4 Å². The van der Waals surface area contributed by atoms with Gasteiger partial charge in [0.15, 0.2) is 0 Å². The topological polar surface area (TPSA) is 83.6 Å². The van der Waals surface area contributed by atoms with Gasteiger partial charge in [0.25, 0.3) is 5.91 Å². The van der Waals surface area contributed by atoms with Crippen LogP contribution in [0.5, 0.6) is 0 Å². The fraction of sp³-hybridized carbons (Fsp3) is 0.300. The molecule has 3 rings (SSSR count). The minimum Gasteiger partial charge on any atom is -0.322 e. The lowest BCUT2D eigenvalue weighted by Crippen LogP contribution is -2.33. The van der Waals surface area contributed by atoms with E-state index in [9.17, 15) is 18.0 Å². The first-order valence-electron chi connectivity index (χ1n) is 8.68. The second kappa shape index (κ2) is 6.90. The van der Waals surface area contributed by atoms with Gasteiger partial charge < -0.3 is 5.32 Å². The smallest absolute Gasteiger partial charge is 0.257 e. The van der Waals surface area contributed by atoms with Crippen LogP contribution in [0.4, 0.5) is 11.4 Å². The van der Waals surface area contributed by atoms with Crippen LogP contribution >= 0.6 is 11.6 Å². The fourth-order valence-corrected chi connectivity index (χ4v) is 5.45. The number of nitrogens with one attached hydrogen (secondary N) is 1. The first kappa shape index (κ1) is 20.4. The number of hydrogen-bond acceptors (Lipinski definition) is 4. The summed E-state index contributed by atoms with van der Waals surface area (Å²) >= 11 is 6.18. The van der Waals surface area contributed by atoms with Crippen LogP contribution in [0.25, 0.3) is 0 Å². The Labute approximate surface area is 169 Å². The van der Waals surface area contributed by atoms with Crippen LogP contribution in [0, 0.1) is 19.3 Å². The Morgan fingerprint density at radius 1 is 1.18 bits per heavy atom. The molecule has 0 aliphatic carbocycles. The Kier molecular flexibility index (Phi) is 5.02. The van der Waals surface area contributed by atoms with Crippen molar-refractivity contribution in [2.75, 3.05) is 15.4 Å². The summed E-state index contributed by atoms with van der Waals surface area (Å²) in [7, 11) is -3.81. The van der Waals surface area contributed by atoms with Gasteiger partial charge in [0.05, 0.1) is 27.4 Å². The predicted octanol–water partition coefficient (Wildman–Crippen LogP) is 3.91. The van der Waals surface area contributed by atoms with E-state index in [1.165, 1.54) is 18.2 Å². The second-order valence-corrected chi connectivity index (χ2v) is 9.80. The third-order valence-corrected chi connectivity index (χ3v) is 7.22. The maximum absolute atomic E-state index is 12.8. The normalized spacial score (nSPS) is 17.6. The third-order valence-electron chi connectivity index (χ3n) is 4.87. The Bertz CT molecular complexity index is 1090. The highest BCUT2D eigenvalue weighted by atomic mass is 35.5. The average Bonchev–Trinajstić information content (AvgIpc) is 2.75. The van der Waals surface area contributed by atoms with Crippen LogP contribution < -0.4 is 9.62 Å². The highest BCUT2D eigenvalue weighted by Gasteiger charge is 2.50. The third kappa shape index (κ3) is 3.52. The molecule has 148 valence electrons. The van der Waals surface area contributed by atoms with Crippen molar-refractivity contribution in [1.82, 2.24) is 0 Å². The molecule has 1 aliphatic heterocycles. The number of carbonyl (C=O) groups excluding carboxylic acids is 2. The molecular formula is C20H21ClN2O4S. The Morgan fingerprint density at radius 2 is 1.86 bits per heavy atom. The Balaban J connectivity index is 1.99. The number of benzene rings is 2. The summed E-state index contributed by atoms with van der Waals surface area (Å²) in [6.45, 7) is 6.98. The summed E-state index contributed by atoms with van der Waals surface area (Å²) in [5.74, 6) is -1.30. The summed E-state index contributed by atoms with van der Waals surface area (Å²) in [5, 5.41) is 2.96. The van der Waals surface area contributed by atoms with E-state index in [1.54, 1.807) is 19.9 Å². The molecule has 28 heavy (non-hydrogen) atoms. The van der Waals surface area contributed by atoms with Gasteiger partial charge in [0, 0.05) is 5.69 Å². The number of sulfonamides is 1. The number of aryl methyl sites for hydroxylation is 1. The van der Waals surface area contributed by atoms with Gasteiger partial charge in [-0.1, -0.05) is 23.7 Å². The highest BCUT2D eigenvalue weighted by molar-refractivity contribution is 7.94. The molecule has 0 unspecified atom stereocenters. The zero-order valence-corrected chi connectivity index (χ0v) is 17.6. The van der Waals surface area contributed by atoms with Crippen molar-refractivity contribution in [2.45, 2.75) is 27.7 Å². The predicted molar refractivity (Wildman–Crippen MR) is 110 cm³/mol. The van der Waals surface area contributed by atoms with Gasteiger partial charge in [-0.05, 0) is 63.1 Å². The largest absolute Gasteiger partial charge is 0.322 e. The number of nitrogens with zero attached hydrogens (tertiary/aromatic N) is 1. The molecule has 1 N–H and O–H groups in total. The molecule has 2 aromatic rings. The SMILES string of the molecule is Cc1cccc(NC(=O)c2cc(N3C(=O)C(C)(C)CS3(=O)=O)ccc2Cl)c1C. The van der Waals surface area contributed by atoms with E-state index in [0.29, 0.717) is 5.69 Å². The van der Waals surface area contributed by atoms with Crippen molar-refractivity contribution in [3.63, 3.8) is 0 Å². The molecule has 2 amide bonds. The van der Waals surface area contributed by atoms with Crippen molar-refractivity contribution < 1.29 is 18.0 Å². The monoisotopic (exact) mass is 420 g/mol. The zero-order valence-electron chi connectivity index (χ0n) is 16.0. The summed E-state index contributed by atoms with van der Waals surface area (Å²) < 4.78 is 25.8. The van der Waals surface area contributed by atoms with E-state index < -0.39 is 27.3 Å². The van der Waals surface area contributed by atoms with E-state index in [2.05, 4.69) is 5.32 Å². The maximum atomic E-state index is 12.8. The number of amides is 2. The summed E-state index contributed by atoms with van der Waals surface area (Å²) in [6.07, 6.45) is 0. The van der Waals surface area contributed by atoms with Crippen LogP contribution in [0.15, 0.2) is 36.4 Å². The average molecular weight is 421 g/mol. The van der Waals surface area contributed by atoms with Gasteiger partial charge >= 0.3 is 0 Å². The highest BCUT2D eigenvalue weighted by Crippen LogP contribution is 2.37. The first-order chi connectivity index (χ1) is 12.9. The fourth-order valence-electron chi connectivity index (χ4n) is 3.15. The van der Waals surface area contributed by atoms with Crippen molar-refractivity contribution in [2.24, 2.45) is 5.41 Å². The van der Waals surface area contributed by atoms with Gasteiger partial charge in [-0.15, -0.1) is 0 Å². The minimum atomic E-state index is -3.81. The van der Waals surface area contributed by atoms with Gasteiger partial charge in [0.2, 0.25) is 15.9 Å². The Morgan fingerprint density at radius 3 is 2.46 bits per heavy atom. The maximum Gasteiger partial charge on any atom is 0.257 e.